The molecule has 1 unspecified atom stereocenters. The largest absolute Gasteiger partial charge is 0.320 e. The Bertz CT molecular complexity index is 722. The van der Waals surface area contributed by atoms with Crippen LogP contribution in [0.4, 0.5) is 0 Å². The number of hydrogen-bond donors (Lipinski definition) is 0. The average molecular weight is 327 g/mol. The molecule has 2 aliphatic rings. The summed E-state index contributed by atoms with van der Waals surface area (Å²) in [6.45, 7) is 1.73. The van der Waals surface area contributed by atoms with Crippen molar-refractivity contribution in [2.45, 2.75) is 24.9 Å². The zero-order valence-electron chi connectivity index (χ0n) is 13.4. The molecule has 120 valence electrons. The maximum Gasteiger partial charge on any atom is 0.283 e. The van der Waals surface area contributed by atoms with Gasteiger partial charge in [-0.05, 0) is 35.1 Å². The smallest absolute Gasteiger partial charge is 0.283 e. The van der Waals surface area contributed by atoms with Crippen molar-refractivity contribution < 1.29 is 9.09 Å². The molecule has 1 heterocycles. The first-order valence-electron chi connectivity index (χ1n) is 8.35. The van der Waals surface area contributed by atoms with Crippen molar-refractivity contribution in [3.63, 3.8) is 0 Å². The summed E-state index contributed by atoms with van der Waals surface area (Å²) in [7, 11) is -1.34. The molecule has 1 aliphatic carbocycles. The van der Waals surface area contributed by atoms with Crippen molar-refractivity contribution in [1.82, 2.24) is 4.67 Å². The fourth-order valence-electron chi connectivity index (χ4n) is 4.02. The Kier molecular flexibility index (Phi) is 3.88. The summed E-state index contributed by atoms with van der Waals surface area (Å²) in [6, 6.07) is 16.6. The summed E-state index contributed by atoms with van der Waals surface area (Å²) in [5.74, 6) is 0. The Morgan fingerprint density at radius 3 is 1.96 bits per heavy atom. The molecule has 4 rings (SSSR count). The normalized spacial score (nSPS) is 20.7. The number of benzene rings is 2. The molecule has 0 saturated carbocycles. The van der Waals surface area contributed by atoms with Gasteiger partial charge in [-0.15, -0.1) is 0 Å². The summed E-state index contributed by atoms with van der Waals surface area (Å²) in [5.41, 5.74) is 4.51. The third-order valence-electron chi connectivity index (χ3n) is 5.12. The van der Waals surface area contributed by atoms with Crippen LogP contribution in [0.2, 0.25) is 0 Å². The zero-order chi connectivity index (χ0) is 15.9. The summed E-state index contributed by atoms with van der Waals surface area (Å²) in [5, 5.41) is 0. The van der Waals surface area contributed by atoms with Crippen LogP contribution in [0.15, 0.2) is 48.5 Å². The van der Waals surface area contributed by atoms with Gasteiger partial charge in [-0.2, -0.15) is 0 Å². The lowest BCUT2D eigenvalue weighted by molar-refractivity contribution is 0.271. The Morgan fingerprint density at radius 2 is 1.43 bits per heavy atom. The molecular formula is C19H22NO2P. The summed E-state index contributed by atoms with van der Waals surface area (Å²) >= 11 is 0. The maximum atomic E-state index is 14.0. The second kappa shape index (κ2) is 5.90. The van der Waals surface area contributed by atoms with Crippen LogP contribution >= 0.6 is 7.52 Å². The van der Waals surface area contributed by atoms with Gasteiger partial charge < -0.3 is 4.52 Å². The van der Waals surface area contributed by atoms with Crippen LogP contribution in [0, 0.1) is 0 Å². The third kappa shape index (κ3) is 2.30. The van der Waals surface area contributed by atoms with Gasteiger partial charge in [0.05, 0.1) is 0 Å². The molecule has 0 aromatic heterocycles. The lowest BCUT2D eigenvalue weighted by atomic mass is 10.1. The van der Waals surface area contributed by atoms with Crippen LogP contribution in [0.1, 0.15) is 36.0 Å². The van der Waals surface area contributed by atoms with E-state index in [0.717, 1.165) is 37.1 Å². The molecule has 1 saturated heterocycles. The minimum Gasteiger partial charge on any atom is -0.320 e. The van der Waals surface area contributed by atoms with Gasteiger partial charge in [-0.3, -0.25) is 4.57 Å². The number of hydrogen-bond acceptors (Lipinski definition) is 2. The predicted octanol–water partition coefficient (Wildman–Crippen LogP) is 5.08. The molecule has 1 atom stereocenters. The van der Waals surface area contributed by atoms with Gasteiger partial charge in [0.2, 0.25) is 0 Å². The Hall–Kier alpha value is -1.41. The van der Waals surface area contributed by atoms with E-state index in [1.165, 1.54) is 17.5 Å². The highest BCUT2D eigenvalue weighted by Gasteiger charge is 2.46. The van der Waals surface area contributed by atoms with Crippen molar-refractivity contribution >= 4 is 7.52 Å². The van der Waals surface area contributed by atoms with E-state index in [2.05, 4.69) is 41.1 Å². The first kappa shape index (κ1) is 15.1. The Balaban J connectivity index is 1.88. The fraction of sp³-hybridized carbons (Fsp3) is 0.368. The van der Waals surface area contributed by atoms with E-state index in [4.69, 9.17) is 4.52 Å². The van der Waals surface area contributed by atoms with Crippen LogP contribution in [0.5, 0.6) is 0 Å². The Morgan fingerprint density at radius 1 is 0.913 bits per heavy atom. The van der Waals surface area contributed by atoms with E-state index in [9.17, 15) is 4.57 Å². The van der Waals surface area contributed by atoms with Crippen molar-refractivity contribution in [3.8, 4) is 11.1 Å². The molecule has 0 radical (unpaired) electrons. The van der Waals surface area contributed by atoms with Gasteiger partial charge in [0.25, 0.3) is 7.52 Å². The predicted molar refractivity (Wildman–Crippen MR) is 93.8 cm³/mol. The van der Waals surface area contributed by atoms with Crippen LogP contribution in [0.3, 0.4) is 0 Å². The topological polar surface area (TPSA) is 29.5 Å². The lowest BCUT2D eigenvalue weighted by Gasteiger charge is -2.36. The van der Waals surface area contributed by atoms with Gasteiger partial charge >= 0.3 is 0 Å². The highest BCUT2D eigenvalue weighted by Crippen LogP contribution is 2.69. The second-order valence-corrected chi connectivity index (χ2v) is 8.91. The average Bonchev–Trinajstić information content (AvgIpc) is 2.97. The second-order valence-electron chi connectivity index (χ2n) is 6.34. The van der Waals surface area contributed by atoms with Crippen molar-refractivity contribution in [3.05, 3.63) is 59.7 Å². The highest BCUT2D eigenvalue weighted by molar-refractivity contribution is 7.57. The quantitative estimate of drug-likeness (QED) is 0.736. The molecule has 23 heavy (non-hydrogen) atoms. The van der Waals surface area contributed by atoms with Gasteiger partial charge in [0, 0.05) is 20.2 Å². The molecule has 0 spiro atoms. The molecule has 4 heteroatoms. The molecular weight excluding hydrogens is 305 g/mol. The van der Waals surface area contributed by atoms with E-state index in [0.29, 0.717) is 0 Å². The van der Waals surface area contributed by atoms with E-state index < -0.39 is 7.52 Å². The van der Waals surface area contributed by atoms with E-state index >= 15 is 0 Å². The van der Waals surface area contributed by atoms with E-state index in [-0.39, 0.29) is 5.66 Å². The van der Waals surface area contributed by atoms with Crippen molar-refractivity contribution in [1.29, 1.82) is 0 Å². The molecule has 2 aromatic carbocycles. The lowest BCUT2D eigenvalue weighted by Crippen LogP contribution is -2.29. The Labute approximate surface area is 137 Å². The number of fused-ring (bicyclic) bond motifs is 3. The fourth-order valence-corrected chi connectivity index (χ4v) is 6.78. The summed E-state index contributed by atoms with van der Waals surface area (Å²) in [6.07, 6.45) is 3.42. The van der Waals surface area contributed by atoms with Gasteiger partial charge in [0.15, 0.2) is 0 Å². The molecule has 1 fully saturated rings. The molecule has 2 aromatic rings. The first-order valence-corrected chi connectivity index (χ1v) is 9.99. The van der Waals surface area contributed by atoms with Crippen molar-refractivity contribution in [2.24, 2.45) is 0 Å². The summed E-state index contributed by atoms with van der Waals surface area (Å²) < 4.78 is 21.8. The number of rotatable bonds is 3. The minimum absolute atomic E-state index is 0.169. The van der Waals surface area contributed by atoms with E-state index in [1.807, 2.05) is 12.1 Å². The summed E-state index contributed by atoms with van der Waals surface area (Å²) in [4.78, 5) is 0. The van der Waals surface area contributed by atoms with Crippen LogP contribution in [-0.2, 0) is 9.09 Å². The highest BCUT2D eigenvalue weighted by atomic mass is 31.2. The first-order chi connectivity index (χ1) is 11.3. The van der Waals surface area contributed by atoms with Crippen molar-refractivity contribution in [2.75, 3.05) is 20.2 Å². The molecule has 0 amide bonds. The molecule has 0 N–H and O–H groups in total. The monoisotopic (exact) mass is 327 g/mol. The van der Waals surface area contributed by atoms with Crippen LogP contribution < -0.4 is 0 Å². The minimum atomic E-state index is -2.95. The van der Waals surface area contributed by atoms with Gasteiger partial charge in [-0.1, -0.05) is 55.0 Å². The van der Waals surface area contributed by atoms with Crippen LogP contribution in [-0.4, -0.2) is 24.9 Å². The zero-order valence-corrected chi connectivity index (χ0v) is 14.3. The van der Waals surface area contributed by atoms with Crippen LogP contribution in [0.25, 0.3) is 11.1 Å². The SMILES string of the molecule is COP(=O)(C1c2ccccc2-c2ccccc21)N1CCCCC1. The number of nitrogens with zero attached hydrogens (tertiary/aromatic N) is 1. The third-order valence-corrected chi connectivity index (χ3v) is 8.04. The van der Waals surface area contributed by atoms with Gasteiger partial charge in [0.1, 0.15) is 5.66 Å². The standard InChI is InChI=1S/C19H22NO2P/c1-22-23(21,20-13-7-2-8-14-20)19-17-11-5-3-9-15(17)16-10-4-6-12-18(16)19/h3-6,9-12,19H,2,7-8,13-14H2,1H3. The van der Waals surface area contributed by atoms with E-state index in [1.54, 1.807) is 7.11 Å². The number of piperidine rings is 1. The molecule has 0 bridgehead atoms. The molecule has 1 aliphatic heterocycles. The molecule has 3 nitrogen and oxygen atoms in total. The van der Waals surface area contributed by atoms with Gasteiger partial charge in [-0.25, -0.2) is 4.67 Å². The maximum absolute atomic E-state index is 14.0.